The Morgan fingerprint density at radius 2 is 2.00 bits per heavy atom. The molecule has 2 nitrogen and oxygen atoms in total. The zero-order valence-electron chi connectivity index (χ0n) is 6.68. The highest BCUT2D eigenvalue weighted by atomic mass is 16.1. The summed E-state index contributed by atoms with van der Waals surface area (Å²) in [6.07, 6.45) is 2.91. The van der Waals surface area contributed by atoms with E-state index in [4.69, 9.17) is 5.73 Å². The molecule has 0 heterocycles. The minimum absolute atomic E-state index is 0.102. The smallest absolute Gasteiger partial charge is 0.155 e. The van der Waals surface area contributed by atoms with Gasteiger partial charge in [0.2, 0.25) is 0 Å². The highest BCUT2D eigenvalue weighted by Crippen LogP contribution is 2.31. The van der Waals surface area contributed by atoms with E-state index in [2.05, 4.69) is 0 Å². The normalized spacial score (nSPS) is 22.4. The van der Waals surface area contributed by atoms with E-state index < -0.39 is 5.54 Å². The van der Waals surface area contributed by atoms with Gasteiger partial charge in [-0.1, -0.05) is 13.8 Å². The van der Waals surface area contributed by atoms with Crippen LogP contribution in [0.25, 0.3) is 0 Å². The molecule has 0 amide bonds. The molecular weight excluding hydrogens is 126 g/mol. The fourth-order valence-corrected chi connectivity index (χ4v) is 1.38. The van der Waals surface area contributed by atoms with Gasteiger partial charge in [-0.15, -0.1) is 0 Å². The van der Waals surface area contributed by atoms with Gasteiger partial charge in [-0.25, -0.2) is 0 Å². The highest BCUT2D eigenvalue weighted by Gasteiger charge is 2.40. The summed E-state index contributed by atoms with van der Waals surface area (Å²) < 4.78 is 0. The zero-order valence-corrected chi connectivity index (χ0v) is 6.68. The lowest BCUT2D eigenvalue weighted by molar-refractivity contribution is -0.130. The van der Waals surface area contributed by atoms with Crippen LogP contribution in [0.3, 0.4) is 0 Å². The number of hydrogen-bond acceptors (Lipinski definition) is 2. The van der Waals surface area contributed by atoms with Crippen LogP contribution in [-0.4, -0.2) is 11.3 Å². The molecule has 0 radical (unpaired) electrons. The van der Waals surface area contributed by atoms with Crippen LogP contribution in [0.15, 0.2) is 0 Å². The molecule has 1 aliphatic rings. The lowest BCUT2D eigenvalue weighted by Crippen LogP contribution is -2.55. The van der Waals surface area contributed by atoms with Crippen LogP contribution in [-0.2, 0) is 4.79 Å². The number of Topliss-reactive ketones (excluding diaryl/α,β-unsaturated/α-hetero) is 1. The van der Waals surface area contributed by atoms with Crippen LogP contribution in [0.1, 0.15) is 33.1 Å². The molecule has 0 spiro atoms. The van der Waals surface area contributed by atoms with Gasteiger partial charge in [0.25, 0.3) is 0 Å². The first-order valence-corrected chi connectivity index (χ1v) is 3.89. The van der Waals surface area contributed by atoms with Crippen molar-refractivity contribution in [1.29, 1.82) is 0 Å². The highest BCUT2D eigenvalue weighted by molar-refractivity contribution is 5.90. The monoisotopic (exact) mass is 141 g/mol. The Bertz CT molecular complexity index is 147. The second-order valence-corrected chi connectivity index (χ2v) is 3.53. The maximum Gasteiger partial charge on any atom is 0.155 e. The lowest BCUT2D eigenvalue weighted by atomic mass is 9.72. The fourth-order valence-electron chi connectivity index (χ4n) is 1.38. The van der Waals surface area contributed by atoms with Crippen LogP contribution in [0, 0.1) is 5.92 Å². The van der Waals surface area contributed by atoms with Crippen molar-refractivity contribution in [3.63, 3.8) is 0 Å². The number of rotatable bonds is 2. The number of carbonyl (C=O) groups is 1. The van der Waals surface area contributed by atoms with E-state index in [0.717, 1.165) is 19.3 Å². The molecule has 1 saturated carbocycles. The summed E-state index contributed by atoms with van der Waals surface area (Å²) in [6, 6.07) is 0. The summed E-state index contributed by atoms with van der Waals surface area (Å²) in [5.74, 6) is 0.337. The Hall–Kier alpha value is -0.370. The van der Waals surface area contributed by atoms with Gasteiger partial charge in [0.1, 0.15) is 0 Å². The van der Waals surface area contributed by atoms with Gasteiger partial charge in [-0.2, -0.15) is 0 Å². The molecule has 10 heavy (non-hydrogen) atoms. The van der Waals surface area contributed by atoms with Crippen LogP contribution in [0.5, 0.6) is 0 Å². The van der Waals surface area contributed by atoms with Gasteiger partial charge < -0.3 is 5.73 Å². The molecule has 58 valence electrons. The third-order valence-corrected chi connectivity index (χ3v) is 2.26. The Labute approximate surface area is 61.8 Å². The quantitative estimate of drug-likeness (QED) is 0.625. The molecule has 0 aromatic heterocycles. The first kappa shape index (κ1) is 7.73. The molecule has 0 saturated heterocycles. The number of ketones is 1. The third-order valence-electron chi connectivity index (χ3n) is 2.26. The number of hydrogen-bond donors (Lipinski definition) is 1. The molecule has 0 aliphatic heterocycles. The van der Waals surface area contributed by atoms with E-state index in [1.807, 2.05) is 13.8 Å². The minimum atomic E-state index is -0.436. The second-order valence-electron chi connectivity index (χ2n) is 3.53. The van der Waals surface area contributed by atoms with Crippen LogP contribution in [0.4, 0.5) is 0 Å². The SMILES string of the molecule is CC(C)C(=O)C1(N)CCC1. The molecule has 1 aliphatic carbocycles. The van der Waals surface area contributed by atoms with Gasteiger partial charge in [-0.3, -0.25) is 4.79 Å². The van der Waals surface area contributed by atoms with Crippen molar-refractivity contribution in [2.24, 2.45) is 11.7 Å². The molecule has 0 unspecified atom stereocenters. The van der Waals surface area contributed by atoms with Crippen LogP contribution >= 0.6 is 0 Å². The second kappa shape index (κ2) is 2.35. The van der Waals surface area contributed by atoms with E-state index in [-0.39, 0.29) is 11.7 Å². The standard InChI is InChI=1S/C8H15NO/c1-6(2)7(10)8(9)4-3-5-8/h6H,3-5,9H2,1-2H3. The Balaban J connectivity index is 2.55. The van der Waals surface area contributed by atoms with Gasteiger partial charge in [0.05, 0.1) is 5.54 Å². The molecule has 0 bridgehead atoms. The molecule has 0 aromatic rings. The van der Waals surface area contributed by atoms with Crippen molar-refractivity contribution in [2.45, 2.75) is 38.6 Å². The summed E-state index contributed by atoms with van der Waals surface area (Å²) in [4.78, 5) is 11.3. The Kier molecular flexibility index (Phi) is 1.82. The van der Waals surface area contributed by atoms with E-state index >= 15 is 0 Å². The van der Waals surface area contributed by atoms with Gasteiger partial charge >= 0.3 is 0 Å². The van der Waals surface area contributed by atoms with E-state index in [1.165, 1.54) is 0 Å². The maximum atomic E-state index is 11.3. The molecular formula is C8H15NO. The molecule has 2 heteroatoms. The summed E-state index contributed by atoms with van der Waals surface area (Å²) in [5, 5.41) is 0. The minimum Gasteiger partial charge on any atom is -0.319 e. The number of nitrogens with two attached hydrogens (primary N) is 1. The average Bonchev–Trinajstić information content (AvgIpc) is 1.81. The summed E-state index contributed by atoms with van der Waals surface area (Å²) in [7, 11) is 0. The van der Waals surface area contributed by atoms with Crippen LogP contribution < -0.4 is 5.73 Å². The Morgan fingerprint density at radius 3 is 2.10 bits per heavy atom. The van der Waals surface area contributed by atoms with Crippen molar-refractivity contribution in [2.75, 3.05) is 0 Å². The summed E-state index contributed by atoms with van der Waals surface area (Å²) in [5.41, 5.74) is 5.36. The van der Waals surface area contributed by atoms with E-state index in [9.17, 15) is 4.79 Å². The molecule has 1 fully saturated rings. The molecule has 0 aromatic carbocycles. The third kappa shape index (κ3) is 1.08. The van der Waals surface area contributed by atoms with Crippen molar-refractivity contribution in [3.05, 3.63) is 0 Å². The Morgan fingerprint density at radius 1 is 1.50 bits per heavy atom. The first-order chi connectivity index (χ1) is 4.56. The topological polar surface area (TPSA) is 43.1 Å². The van der Waals surface area contributed by atoms with Gasteiger partial charge in [-0.05, 0) is 19.3 Å². The van der Waals surface area contributed by atoms with Crippen molar-refractivity contribution >= 4 is 5.78 Å². The number of carbonyl (C=O) groups excluding carboxylic acids is 1. The van der Waals surface area contributed by atoms with Crippen molar-refractivity contribution < 1.29 is 4.79 Å². The predicted octanol–water partition coefficient (Wildman–Crippen LogP) is 1.09. The summed E-state index contributed by atoms with van der Waals surface area (Å²) in [6.45, 7) is 3.82. The molecule has 2 N–H and O–H groups in total. The van der Waals surface area contributed by atoms with Gasteiger partial charge in [0, 0.05) is 5.92 Å². The molecule has 1 rings (SSSR count). The van der Waals surface area contributed by atoms with E-state index in [0.29, 0.717) is 0 Å². The van der Waals surface area contributed by atoms with Gasteiger partial charge in [0.15, 0.2) is 5.78 Å². The predicted molar refractivity (Wildman–Crippen MR) is 40.6 cm³/mol. The maximum absolute atomic E-state index is 11.3. The largest absolute Gasteiger partial charge is 0.319 e. The summed E-state index contributed by atoms with van der Waals surface area (Å²) >= 11 is 0. The zero-order chi connectivity index (χ0) is 7.78. The average molecular weight is 141 g/mol. The molecule has 0 atom stereocenters. The first-order valence-electron chi connectivity index (χ1n) is 3.89. The van der Waals surface area contributed by atoms with Crippen molar-refractivity contribution in [3.8, 4) is 0 Å². The van der Waals surface area contributed by atoms with Crippen molar-refractivity contribution in [1.82, 2.24) is 0 Å². The van der Waals surface area contributed by atoms with Crippen LogP contribution in [0.2, 0.25) is 0 Å². The fraction of sp³-hybridized carbons (Fsp3) is 0.875. The van der Waals surface area contributed by atoms with E-state index in [1.54, 1.807) is 0 Å². The lowest BCUT2D eigenvalue weighted by Gasteiger charge is -2.37.